The van der Waals surface area contributed by atoms with E-state index in [2.05, 4.69) is 4.98 Å². The zero-order chi connectivity index (χ0) is 11.5. The van der Waals surface area contributed by atoms with Crippen LogP contribution < -0.4 is 4.74 Å². The van der Waals surface area contributed by atoms with Crippen molar-refractivity contribution in [3.63, 3.8) is 0 Å². The molecule has 0 aliphatic heterocycles. The second kappa shape index (κ2) is 4.31. The summed E-state index contributed by atoms with van der Waals surface area (Å²) < 4.78 is 5.48. The van der Waals surface area contributed by atoms with Crippen LogP contribution in [-0.2, 0) is 0 Å². The molecule has 0 bridgehead atoms. The van der Waals surface area contributed by atoms with E-state index in [1.54, 1.807) is 6.07 Å². The quantitative estimate of drug-likeness (QED) is 0.739. The topological polar surface area (TPSA) is 39.2 Å². The third-order valence-corrected chi connectivity index (χ3v) is 2.34. The molecule has 0 radical (unpaired) electrons. The van der Waals surface area contributed by atoms with Crippen LogP contribution in [0.4, 0.5) is 0 Å². The summed E-state index contributed by atoms with van der Waals surface area (Å²) in [7, 11) is 0. The number of aromatic nitrogens is 1. The minimum Gasteiger partial charge on any atom is -0.492 e. The molecule has 1 aromatic carbocycles. The minimum absolute atomic E-state index is 0.0341. The maximum absolute atomic E-state index is 11.3. The second-order valence-electron chi connectivity index (χ2n) is 3.51. The van der Waals surface area contributed by atoms with Crippen molar-refractivity contribution in [3.8, 4) is 5.75 Å². The SMILES string of the molecule is CCOc1cccc2ccc(C(C)=O)nc12. The van der Waals surface area contributed by atoms with Gasteiger partial charge in [-0.15, -0.1) is 0 Å². The fourth-order valence-corrected chi connectivity index (χ4v) is 1.59. The average Bonchev–Trinajstić information content (AvgIpc) is 2.29. The maximum Gasteiger partial charge on any atom is 0.178 e. The summed E-state index contributed by atoms with van der Waals surface area (Å²) in [6.07, 6.45) is 0. The van der Waals surface area contributed by atoms with E-state index in [-0.39, 0.29) is 5.78 Å². The van der Waals surface area contributed by atoms with Crippen molar-refractivity contribution < 1.29 is 9.53 Å². The number of benzene rings is 1. The molecule has 3 heteroatoms. The van der Waals surface area contributed by atoms with Gasteiger partial charge in [-0.1, -0.05) is 18.2 Å². The molecule has 0 aliphatic carbocycles. The molecule has 82 valence electrons. The molecular formula is C13H13NO2. The molecule has 0 aliphatic rings. The number of carbonyl (C=O) groups excluding carboxylic acids is 1. The Balaban J connectivity index is 2.63. The highest BCUT2D eigenvalue weighted by atomic mass is 16.5. The van der Waals surface area contributed by atoms with Gasteiger partial charge in [0.15, 0.2) is 5.78 Å². The zero-order valence-electron chi connectivity index (χ0n) is 9.36. The van der Waals surface area contributed by atoms with E-state index >= 15 is 0 Å². The van der Waals surface area contributed by atoms with Gasteiger partial charge in [0, 0.05) is 12.3 Å². The molecule has 0 amide bonds. The molecular weight excluding hydrogens is 202 g/mol. The molecule has 0 unspecified atom stereocenters. The van der Waals surface area contributed by atoms with E-state index < -0.39 is 0 Å². The normalized spacial score (nSPS) is 10.4. The monoisotopic (exact) mass is 215 g/mol. The lowest BCUT2D eigenvalue weighted by Crippen LogP contribution is -1.99. The van der Waals surface area contributed by atoms with Gasteiger partial charge in [-0.2, -0.15) is 0 Å². The Hall–Kier alpha value is -1.90. The number of ketones is 1. The molecule has 0 saturated carbocycles. The van der Waals surface area contributed by atoms with Crippen molar-refractivity contribution in [1.29, 1.82) is 0 Å². The van der Waals surface area contributed by atoms with E-state index in [1.807, 2.05) is 31.2 Å². The molecule has 16 heavy (non-hydrogen) atoms. The standard InChI is InChI=1S/C13H13NO2/c1-3-16-12-6-4-5-10-7-8-11(9(2)15)14-13(10)12/h4-8H,3H2,1-2H3. The molecule has 0 fully saturated rings. The first-order valence-electron chi connectivity index (χ1n) is 5.26. The van der Waals surface area contributed by atoms with Gasteiger partial charge in [-0.25, -0.2) is 4.98 Å². The van der Waals surface area contributed by atoms with Gasteiger partial charge in [-0.3, -0.25) is 4.79 Å². The third kappa shape index (κ3) is 1.89. The fourth-order valence-electron chi connectivity index (χ4n) is 1.59. The summed E-state index contributed by atoms with van der Waals surface area (Å²) in [5.41, 5.74) is 1.22. The highest BCUT2D eigenvalue weighted by Crippen LogP contribution is 2.23. The van der Waals surface area contributed by atoms with Crippen LogP contribution in [0, 0.1) is 0 Å². The number of hydrogen-bond donors (Lipinski definition) is 0. The minimum atomic E-state index is -0.0341. The molecule has 0 N–H and O–H groups in total. The molecule has 0 atom stereocenters. The maximum atomic E-state index is 11.3. The summed E-state index contributed by atoms with van der Waals surface area (Å²) in [5, 5.41) is 0.982. The number of ether oxygens (including phenoxy) is 1. The van der Waals surface area contributed by atoms with Crippen molar-refractivity contribution in [3.05, 3.63) is 36.0 Å². The van der Waals surface area contributed by atoms with Crippen LogP contribution in [0.5, 0.6) is 5.75 Å². The van der Waals surface area contributed by atoms with Crippen LogP contribution >= 0.6 is 0 Å². The summed E-state index contributed by atoms with van der Waals surface area (Å²) >= 11 is 0. The summed E-state index contributed by atoms with van der Waals surface area (Å²) in [5.74, 6) is 0.691. The van der Waals surface area contributed by atoms with Crippen molar-refractivity contribution in [2.45, 2.75) is 13.8 Å². The predicted molar refractivity (Wildman–Crippen MR) is 62.9 cm³/mol. The van der Waals surface area contributed by atoms with Gasteiger partial charge >= 0.3 is 0 Å². The van der Waals surface area contributed by atoms with E-state index in [4.69, 9.17) is 4.74 Å². The number of pyridine rings is 1. The van der Waals surface area contributed by atoms with E-state index in [0.29, 0.717) is 12.3 Å². The van der Waals surface area contributed by atoms with Crippen LogP contribution in [0.15, 0.2) is 30.3 Å². The predicted octanol–water partition coefficient (Wildman–Crippen LogP) is 2.84. The average molecular weight is 215 g/mol. The number of fused-ring (bicyclic) bond motifs is 1. The Kier molecular flexibility index (Phi) is 2.86. The van der Waals surface area contributed by atoms with Gasteiger partial charge in [0.1, 0.15) is 17.0 Å². The number of hydrogen-bond acceptors (Lipinski definition) is 3. The third-order valence-electron chi connectivity index (χ3n) is 2.34. The lowest BCUT2D eigenvalue weighted by molar-refractivity contribution is 0.101. The van der Waals surface area contributed by atoms with Crippen molar-refractivity contribution >= 4 is 16.7 Å². The van der Waals surface area contributed by atoms with Crippen molar-refractivity contribution in [2.24, 2.45) is 0 Å². The van der Waals surface area contributed by atoms with Crippen LogP contribution in [0.25, 0.3) is 10.9 Å². The Morgan fingerprint density at radius 2 is 2.12 bits per heavy atom. The first-order chi connectivity index (χ1) is 7.72. The van der Waals surface area contributed by atoms with Crippen LogP contribution in [0.3, 0.4) is 0 Å². The zero-order valence-corrected chi connectivity index (χ0v) is 9.36. The van der Waals surface area contributed by atoms with Gasteiger partial charge in [0.2, 0.25) is 0 Å². The summed E-state index contributed by atoms with van der Waals surface area (Å²) in [4.78, 5) is 15.6. The molecule has 0 saturated heterocycles. The Labute approximate surface area is 94.1 Å². The highest BCUT2D eigenvalue weighted by molar-refractivity contribution is 5.95. The van der Waals surface area contributed by atoms with E-state index in [0.717, 1.165) is 16.7 Å². The van der Waals surface area contributed by atoms with Gasteiger partial charge in [0.25, 0.3) is 0 Å². The van der Waals surface area contributed by atoms with Crippen molar-refractivity contribution in [1.82, 2.24) is 4.98 Å². The van der Waals surface area contributed by atoms with Crippen LogP contribution in [0.2, 0.25) is 0 Å². The first kappa shape index (κ1) is 10.6. The lowest BCUT2D eigenvalue weighted by Gasteiger charge is -2.07. The van der Waals surface area contributed by atoms with Gasteiger partial charge in [0.05, 0.1) is 6.61 Å². The van der Waals surface area contributed by atoms with Crippen LogP contribution in [-0.4, -0.2) is 17.4 Å². The van der Waals surface area contributed by atoms with Gasteiger partial charge < -0.3 is 4.74 Å². The Morgan fingerprint density at radius 1 is 1.31 bits per heavy atom. The van der Waals surface area contributed by atoms with Crippen molar-refractivity contribution in [2.75, 3.05) is 6.61 Å². The first-order valence-corrected chi connectivity index (χ1v) is 5.26. The molecule has 1 aromatic heterocycles. The molecule has 2 rings (SSSR count). The number of carbonyl (C=O) groups is 1. The second-order valence-corrected chi connectivity index (χ2v) is 3.51. The summed E-state index contributed by atoms with van der Waals surface area (Å²) in [6, 6.07) is 9.36. The van der Waals surface area contributed by atoms with Crippen LogP contribution in [0.1, 0.15) is 24.3 Å². The number of nitrogens with zero attached hydrogens (tertiary/aromatic N) is 1. The number of rotatable bonds is 3. The number of para-hydroxylation sites is 1. The number of Topliss-reactive ketones (excluding diaryl/α,β-unsaturated/α-hetero) is 1. The Bertz CT molecular complexity index is 534. The fraction of sp³-hybridized carbons (Fsp3) is 0.231. The summed E-state index contributed by atoms with van der Waals surface area (Å²) in [6.45, 7) is 4.02. The molecule has 1 heterocycles. The molecule has 3 nitrogen and oxygen atoms in total. The van der Waals surface area contributed by atoms with E-state index in [9.17, 15) is 4.79 Å². The van der Waals surface area contributed by atoms with E-state index in [1.165, 1.54) is 6.92 Å². The molecule has 2 aromatic rings. The smallest absolute Gasteiger partial charge is 0.178 e. The Morgan fingerprint density at radius 3 is 2.81 bits per heavy atom. The largest absolute Gasteiger partial charge is 0.492 e. The molecule has 0 spiro atoms. The highest BCUT2D eigenvalue weighted by Gasteiger charge is 2.06. The lowest BCUT2D eigenvalue weighted by atomic mass is 10.1. The van der Waals surface area contributed by atoms with Gasteiger partial charge in [-0.05, 0) is 19.1 Å².